The van der Waals surface area contributed by atoms with E-state index in [-0.39, 0.29) is 24.0 Å². The van der Waals surface area contributed by atoms with Gasteiger partial charge in [-0.2, -0.15) is 0 Å². The van der Waals surface area contributed by atoms with Crippen LogP contribution in [0.1, 0.15) is 57.9 Å². The lowest BCUT2D eigenvalue weighted by Gasteiger charge is -2.22. The van der Waals surface area contributed by atoms with E-state index >= 15 is 0 Å². The highest BCUT2D eigenvalue weighted by atomic mass is 127. The summed E-state index contributed by atoms with van der Waals surface area (Å²) < 4.78 is 5.96. The van der Waals surface area contributed by atoms with Gasteiger partial charge in [0.05, 0.1) is 6.10 Å². The lowest BCUT2D eigenvalue weighted by atomic mass is 9.98. The predicted molar refractivity (Wildman–Crippen MR) is 129 cm³/mol. The fourth-order valence-electron chi connectivity index (χ4n) is 3.42. The van der Waals surface area contributed by atoms with Gasteiger partial charge in [-0.3, -0.25) is 4.99 Å². The second-order valence-corrected chi connectivity index (χ2v) is 7.03. The SMILES string of the molecule is CCN(CC)c1ccc(CNC(=NC)NCCCOC2CCCCC2)cn1.I. The molecule has 0 aromatic carbocycles. The first-order valence-electron chi connectivity index (χ1n) is 10.5. The van der Waals surface area contributed by atoms with Crippen molar-refractivity contribution in [3.05, 3.63) is 23.9 Å². The molecule has 2 rings (SSSR count). The Balaban J connectivity index is 0.00000392. The van der Waals surface area contributed by atoms with E-state index in [0.29, 0.717) is 12.6 Å². The topological polar surface area (TPSA) is 61.8 Å². The van der Waals surface area contributed by atoms with Gasteiger partial charge in [-0.05, 0) is 44.7 Å². The van der Waals surface area contributed by atoms with Crippen molar-refractivity contribution in [1.29, 1.82) is 0 Å². The first-order chi connectivity index (χ1) is 13.3. The Kier molecular flexibility index (Phi) is 13.2. The molecule has 1 heterocycles. The number of guanidine groups is 1. The van der Waals surface area contributed by atoms with Gasteiger partial charge in [0, 0.05) is 46.0 Å². The highest BCUT2D eigenvalue weighted by molar-refractivity contribution is 14.0. The van der Waals surface area contributed by atoms with Gasteiger partial charge in [0.1, 0.15) is 5.82 Å². The van der Waals surface area contributed by atoms with Crippen LogP contribution in [0.3, 0.4) is 0 Å². The van der Waals surface area contributed by atoms with Crippen LogP contribution in [0.2, 0.25) is 0 Å². The lowest BCUT2D eigenvalue weighted by Crippen LogP contribution is -2.37. The summed E-state index contributed by atoms with van der Waals surface area (Å²) in [6.45, 7) is 8.65. The highest BCUT2D eigenvalue weighted by Crippen LogP contribution is 2.20. The molecule has 0 radical (unpaired) electrons. The summed E-state index contributed by atoms with van der Waals surface area (Å²) in [5.74, 6) is 1.85. The van der Waals surface area contributed by atoms with Gasteiger partial charge < -0.3 is 20.3 Å². The van der Waals surface area contributed by atoms with E-state index in [2.05, 4.69) is 51.5 Å². The van der Waals surface area contributed by atoms with E-state index in [1.54, 1.807) is 7.05 Å². The van der Waals surface area contributed by atoms with Gasteiger partial charge in [-0.15, -0.1) is 24.0 Å². The highest BCUT2D eigenvalue weighted by Gasteiger charge is 2.13. The molecule has 0 atom stereocenters. The number of halogens is 1. The van der Waals surface area contributed by atoms with Crippen LogP contribution < -0.4 is 15.5 Å². The molecule has 0 bridgehead atoms. The van der Waals surface area contributed by atoms with Crippen LogP contribution in [-0.2, 0) is 11.3 Å². The predicted octanol–water partition coefficient (Wildman–Crippen LogP) is 3.95. The summed E-state index contributed by atoms with van der Waals surface area (Å²) in [5.41, 5.74) is 1.15. The van der Waals surface area contributed by atoms with Crippen molar-refractivity contribution in [2.24, 2.45) is 4.99 Å². The largest absolute Gasteiger partial charge is 0.378 e. The molecule has 0 unspecified atom stereocenters. The Hall–Kier alpha value is -1.09. The van der Waals surface area contributed by atoms with E-state index < -0.39 is 0 Å². The fraction of sp³-hybridized carbons (Fsp3) is 0.714. The number of ether oxygens (including phenoxy) is 1. The molecule has 1 aliphatic carbocycles. The number of nitrogens with zero attached hydrogens (tertiary/aromatic N) is 3. The number of hydrogen-bond donors (Lipinski definition) is 2. The van der Waals surface area contributed by atoms with Gasteiger partial charge in [0.15, 0.2) is 5.96 Å². The number of nitrogens with one attached hydrogen (secondary N) is 2. The first kappa shape index (κ1) is 24.9. The van der Waals surface area contributed by atoms with E-state index in [1.807, 2.05) is 6.20 Å². The molecule has 1 saturated carbocycles. The first-order valence-corrected chi connectivity index (χ1v) is 10.5. The molecule has 0 spiro atoms. The number of hydrogen-bond acceptors (Lipinski definition) is 4. The lowest BCUT2D eigenvalue weighted by molar-refractivity contribution is 0.0277. The summed E-state index contributed by atoms with van der Waals surface area (Å²) in [5, 5.41) is 6.70. The van der Waals surface area contributed by atoms with Crippen LogP contribution in [0.4, 0.5) is 5.82 Å². The van der Waals surface area contributed by atoms with E-state index in [4.69, 9.17) is 4.74 Å². The Morgan fingerprint density at radius 1 is 1.18 bits per heavy atom. The molecule has 0 aliphatic heterocycles. The quantitative estimate of drug-likeness (QED) is 0.219. The number of aromatic nitrogens is 1. The average molecular weight is 503 g/mol. The summed E-state index contributed by atoms with van der Waals surface area (Å²) in [6, 6.07) is 4.21. The number of aliphatic imine (C=N–C) groups is 1. The maximum atomic E-state index is 5.96. The molecule has 1 aliphatic rings. The zero-order valence-electron chi connectivity index (χ0n) is 17.7. The zero-order chi connectivity index (χ0) is 19.3. The molecular formula is C21H38IN5O. The van der Waals surface area contributed by atoms with Gasteiger partial charge in [-0.25, -0.2) is 4.98 Å². The monoisotopic (exact) mass is 503 g/mol. The van der Waals surface area contributed by atoms with Crippen LogP contribution in [0.25, 0.3) is 0 Å². The summed E-state index contributed by atoms with van der Waals surface area (Å²) >= 11 is 0. The van der Waals surface area contributed by atoms with Gasteiger partial charge >= 0.3 is 0 Å². The Morgan fingerprint density at radius 2 is 1.93 bits per heavy atom. The Bertz CT molecular complexity index is 542. The van der Waals surface area contributed by atoms with Gasteiger partial charge in [0.25, 0.3) is 0 Å². The van der Waals surface area contributed by atoms with Gasteiger partial charge in [-0.1, -0.05) is 25.3 Å². The maximum Gasteiger partial charge on any atom is 0.191 e. The minimum Gasteiger partial charge on any atom is -0.378 e. The van der Waals surface area contributed by atoms with Crippen LogP contribution in [0.5, 0.6) is 0 Å². The van der Waals surface area contributed by atoms with Crippen molar-refractivity contribution >= 4 is 35.8 Å². The summed E-state index contributed by atoms with van der Waals surface area (Å²) in [4.78, 5) is 11.1. The third-order valence-electron chi connectivity index (χ3n) is 5.10. The molecule has 1 aromatic heterocycles. The average Bonchev–Trinajstić information content (AvgIpc) is 2.72. The standard InChI is InChI=1S/C21H37N5O.HI/c1-4-26(5-2)20-13-12-18(16-24-20)17-25-21(22-3)23-14-9-15-27-19-10-7-6-8-11-19;/h12-13,16,19H,4-11,14-15,17H2,1-3H3,(H2,22,23,25);1H. The Labute approximate surface area is 187 Å². The van der Waals surface area contributed by atoms with Crippen LogP contribution >= 0.6 is 24.0 Å². The molecule has 0 saturated heterocycles. The van der Waals surface area contributed by atoms with E-state index in [1.165, 1.54) is 32.1 Å². The van der Waals surface area contributed by atoms with E-state index in [0.717, 1.165) is 50.0 Å². The van der Waals surface area contributed by atoms with Crippen molar-refractivity contribution in [2.45, 2.75) is 65.0 Å². The molecule has 2 N–H and O–H groups in total. The molecule has 1 aromatic rings. The molecular weight excluding hydrogens is 465 g/mol. The molecule has 160 valence electrons. The second kappa shape index (κ2) is 14.8. The number of anilines is 1. The van der Waals surface area contributed by atoms with Crippen molar-refractivity contribution in [1.82, 2.24) is 15.6 Å². The Morgan fingerprint density at radius 3 is 2.54 bits per heavy atom. The summed E-state index contributed by atoms with van der Waals surface area (Å²) in [7, 11) is 1.80. The fourth-order valence-corrected chi connectivity index (χ4v) is 3.42. The smallest absolute Gasteiger partial charge is 0.191 e. The molecule has 0 amide bonds. The van der Waals surface area contributed by atoms with Gasteiger partial charge in [0.2, 0.25) is 0 Å². The maximum absolute atomic E-state index is 5.96. The minimum absolute atomic E-state index is 0. The summed E-state index contributed by atoms with van der Waals surface area (Å²) in [6.07, 6.45) is 9.91. The van der Waals surface area contributed by atoms with Crippen LogP contribution in [0, 0.1) is 0 Å². The zero-order valence-corrected chi connectivity index (χ0v) is 20.1. The third kappa shape index (κ3) is 8.94. The molecule has 7 heteroatoms. The third-order valence-corrected chi connectivity index (χ3v) is 5.10. The molecule has 6 nitrogen and oxygen atoms in total. The minimum atomic E-state index is 0. The van der Waals surface area contributed by atoms with Crippen LogP contribution in [-0.4, -0.2) is 50.3 Å². The van der Waals surface area contributed by atoms with Crippen molar-refractivity contribution in [2.75, 3.05) is 38.2 Å². The van der Waals surface area contributed by atoms with Crippen molar-refractivity contribution in [3.8, 4) is 0 Å². The van der Waals surface area contributed by atoms with Crippen molar-refractivity contribution in [3.63, 3.8) is 0 Å². The second-order valence-electron chi connectivity index (χ2n) is 7.03. The van der Waals surface area contributed by atoms with E-state index in [9.17, 15) is 0 Å². The molecule has 28 heavy (non-hydrogen) atoms. The normalized spacial score (nSPS) is 15.0. The number of rotatable bonds is 10. The number of pyridine rings is 1. The van der Waals surface area contributed by atoms with Crippen LogP contribution in [0.15, 0.2) is 23.3 Å². The molecule has 1 fully saturated rings. The van der Waals surface area contributed by atoms with Crippen molar-refractivity contribution < 1.29 is 4.74 Å².